The lowest BCUT2D eigenvalue weighted by atomic mass is 10.0. The lowest BCUT2D eigenvalue weighted by molar-refractivity contribution is 0.620. The molecule has 0 aliphatic carbocycles. The van der Waals surface area contributed by atoms with Crippen LogP contribution < -0.4 is 0 Å². The Balaban J connectivity index is 1.35. The zero-order valence-electron chi connectivity index (χ0n) is 24.7. The summed E-state index contributed by atoms with van der Waals surface area (Å²) in [7, 11) is 0. The number of hydrogen-bond acceptors (Lipinski definition) is 4. The van der Waals surface area contributed by atoms with Gasteiger partial charge in [0, 0.05) is 27.5 Å². The molecule has 0 bridgehead atoms. The molecule has 3 heterocycles. The van der Waals surface area contributed by atoms with Gasteiger partial charge in [0.2, 0.25) is 11.8 Å². The van der Waals surface area contributed by atoms with Crippen molar-refractivity contribution in [3.8, 4) is 51.0 Å². The second-order valence-electron chi connectivity index (χ2n) is 11.3. The molecule has 0 saturated carbocycles. The van der Waals surface area contributed by atoms with Gasteiger partial charge in [-0.05, 0) is 53.6 Å². The molecule has 6 aromatic carbocycles. The number of nitrogens with zero attached hydrogens (tertiary/aromatic N) is 4. The molecule has 9 rings (SSSR count). The molecule has 46 heavy (non-hydrogen) atoms. The Labute approximate surface area is 265 Å². The van der Waals surface area contributed by atoms with E-state index in [2.05, 4.69) is 89.5 Å². The van der Waals surface area contributed by atoms with Crippen LogP contribution in [-0.4, -0.2) is 19.5 Å². The molecular formula is C41H26N4O. The van der Waals surface area contributed by atoms with Gasteiger partial charge in [-0.25, -0.2) is 15.0 Å². The zero-order chi connectivity index (χ0) is 30.5. The summed E-state index contributed by atoms with van der Waals surface area (Å²) in [6.45, 7) is 0. The Bertz CT molecular complexity index is 2440. The molecule has 9 aromatic rings. The van der Waals surface area contributed by atoms with Crippen LogP contribution in [-0.2, 0) is 0 Å². The van der Waals surface area contributed by atoms with Crippen LogP contribution in [0.15, 0.2) is 162 Å². The largest absolute Gasteiger partial charge is 0.436 e. The van der Waals surface area contributed by atoms with Gasteiger partial charge in [0.15, 0.2) is 5.58 Å². The normalized spacial score (nSPS) is 11.5. The fourth-order valence-electron chi connectivity index (χ4n) is 6.22. The zero-order valence-corrected chi connectivity index (χ0v) is 24.7. The minimum atomic E-state index is 0.595. The van der Waals surface area contributed by atoms with Crippen molar-refractivity contribution in [2.24, 2.45) is 0 Å². The van der Waals surface area contributed by atoms with E-state index in [1.807, 2.05) is 72.8 Å². The molecule has 0 amide bonds. The van der Waals surface area contributed by atoms with Gasteiger partial charge in [0.1, 0.15) is 5.52 Å². The molecule has 0 unspecified atom stereocenters. The third kappa shape index (κ3) is 4.45. The van der Waals surface area contributed by atoms with Crippen molar-refractivity contribution in [3.63, 3.8) is 0 Å². The molecule has 0 aliphatic heterocycles. The predicted octanol–water partition coefficient (Wildman–Crippen LogP) is 10.4. The summed E-state index contributed by atoms with van der Waals surface area (Å²) < 4.78 is 8.50. The highest BCUT2D eigenvalue weighted by Gasteiger charge is 2.20. The Hall–Kier alpha value is -6.33. The summed E-state index contributed by atoms with van der Waals surface area (Å²) in [5.74, 6) is 1.19. The second kappa shape index (κ2) is 10.7. The third-order valence-electron chi connectivity index (χ3n) is 8.46. The molecule has 0 atom stereocenters. The maximum absolute atomic E-state index is 6.34. The Morgan fingerprint density at radius 3 is 1.57 bits per heavy atom. The lowest BCUT2D eigenvalue weighted by Gasteiger charge is -2.12. The van der Waals surface area contributed by atoms with Crippen LogP contribution in [0.2, 0.25) is 0 Å². The summed E-state index contributed by atoms with van der Waals surface area (Å²) in [4.78, 5) is 15.3. The number of benzene rings is 6. The summed E-state index contributed by atoms with van der Waals surface area (Å²) >= 11 is 0. The van der Waals surface area contributed by atoms with E-state index in [9.17, 15) is 0 Å². The van der Waals surface area contributed by atoms with Gasteiger partial charge in [0.05, 0.1) is 22.4 Å². The maximum atomic E-state index is 6.34. The number of oxazole rings is 1. The molecule has 0 radical (unpaired) electrons. The van der Waals surface area contributed by atoms with Crippen molar-refractivity contribution in [3.05, 3.63) is 158 Å². The fourth-order valence-corrected chi connectivity index (χ4v) is 6.22. The summed E-state index contributed by atoms with van der Waals surface area (Å²) in [6.07, 6.45) is 0. The number of rotatable bonds is 5. The van der Waals surface area contributed by atoms with E-state index in [4.69, 9.17) is 19.4 Å². The molecule has 0 saturated heterocycles. The topological polar surface area (TPSA) is 56.7 Å². The van der Waals surface area contributed by atoms with Crippen LogP contribution in [0.1, 0.15) is 0 Å². The van der Waals surface area contributed by atoms with E-state index in [-0.39, 0.29) is 0 Å². The van der Waals surface area contributed by atoms with Crippen molar-refractivity contribution in [1.82, 2.24) is 19.5 Å². The molecule has 5 nitrogen and oxygen atoms in total. The average molecular weight is 591 g/mol. The van der Waals surface area contributed by atoms with Crippen molar-refractivity contribution in [2.75, 3.05) is 0 Å². The predicted molar refractivity (Wildman–Crippen MR) is 186 cm³/mol. The van der Waals surface area contributed by atoms with Crippen molar-refractivity contribution < 1.29 is 4.42 Å². The van der Waals surface area contributed by atoms with Crippen LogP contribution in [0.4, 0.5) is 0 Å². The van der Waals surface area contributed by atoms with E-state index < -0.39 is 0 Å². The molecule has 0 fully saturated rings. The second-order valence-corrected chi connectivity index (χ2v) is 11.3. The summed E-state index contributed by atoms with van der Waals surface area (Å²) in [5, 5.41) is 2.14. The van der Waals surface area contributed by atoms with Gasteiger partial charge in [-0.15, -0.1) is 0 Å². The number of hydrogen-bond donors (Lipinski definition) is 0. The van der Waals surface area contributed by atoms with Gasteiger partial charge in [0.25, 0.3) is 0 Å². The van der Waals surface area contributed by atoms with Crippen LogP contribution >= 0.6 is 0 Å². The quantitative estimate of drug-likeness (QED) is 0.200. The van der Waals surface area contributed by atoms with E-state index in [0.29, 0.717) is 11.8 Å². The first kappa shape index (κ1) is 26.1. The van der Waals surface area contributed by atoms with Gasteiger partial charge >= 0.3 is 0 Å². The van der Waals surface area contributed by atoms with E-state index in [0.717, 1.165) is 72.1 Å². The number of aromatic nitrogens is 4. The minimum absolute atomic E-state index is 0.595. The van der Waals surface area contributed by atoms with Gasteiger partial charge < -0.3 is 4.42 Å². The molecular weight excluding hydrogens is 564 g/mol. The van der Waals surface area contributed by atoms with Crippen LogP contribution in [0.3, 0.4) is 0 Å². The Kier molecular flexibility index (Phi) is 6.06. The Morgan fingerprint density at radius 1 is 0.413 bits per heavy atom. The van der Waals surface area contributed by atoms with Crippen molar-refractivity contribution in [1.29, 1.82) is 0 Å². The number of fused-ring (bicyclic) bond motifs is 4. The van der Waals surface area contributed by atoms with E-state index >= 15 is 0 Å². The molecule has 216 valence electrons. The van der Waals surface area contributed by atoms with E-state index in [1.54, 1.807) is 0 Å². The first-order chi connectivity index (χ1) is 22.8. The Morgan fingerprint density at radius 2 is 0.957 bits per heavy atom. The summed E-state index contributed by atoms with van der Waals surface area (Å²) in [6, 6.07) is 53.9. The van der Waals surface area contributed by atoms with Crippen LogP contribution in [0, 0.1) is 0 Å². The first-order valence-corrected chi connectivity index (χ1v) is 15.3. The lowest BCUT2D eigenvalue weighted by Crippen LogP contribution is -2.04. The van der Waals surface area contributed by atoms with Gasteiger partial charge in [-0.1, -0.05) is 115 Å². The van der Waals surface area contributed by atoms with Gasteiger partial charge in [-0.2, -0.15) is 0 Å². The summed E-state index contributed by atoms with van der Waals surface area (Å²) in [5.41, 5.74) is 10.5. The van der Waals surface area contributed by atoms with Crippen LogP contribution in [0.25, 0.3) is 83.9 Å². The highest BCUT2D eigenvalue weighted by molar-refractivity contribution is 6.13. The molecule has 0 N–H and O–H groups in total. The van der Waals surface area contributed by atoms with E-state index in [1.165, 1.54) is 0 Å². The van der Waals surface area contributed by atoms with Crippen molar-refractivity contribution in [2.45, 2.75) is 0 Å². The highest BCUT2D eigenvalue weighted by atomic mass is 16.3. The highest BCUT2D eigenvalue weighted by Crippen LogP contribution is 2.38. The molecule has 0 aliphatic rings. The average Bonchev–Trinajstić information content (AvgIpc) is 3.70. The van der Waals surface area contributed by atoms with Crippen molar-refractivity contribution >= 4 is 32.9 Å². The molecule has 3 aromatic heterocycles. The van der Waals surface area contributed by atoms with Gasteiger partial charge in [-0.3, -0.25) is 4.57 Å². The minimum Gasteiger partial charge on any atom is -0.436 e. The maximum Gasteiger partial charge on any atom is 0.235 e. The third-order valence-corrected chi connectivity index (χ3v) is 8.46. The molecule has 5 heteroatoms. The van der Waals surface area contributed by atoms with Crippen LogP contribution in [0.5, 0.6) is 0 Å². The monoisotopic (exact) mass is 590 g/mol. The smallest absolute Gasteiger partial charge is 0.235 e. The standard InChI is InChI=1S/C41H26N4O/c1-5-13-27(14-6-1)31-21-22-37-32(23-31)33-24-39-36(42-40(46-39)30-19-11-4-12-20-30)26-38(33)45(37)41-43-34(28-15-7-2-8-16-28)25-35(44-41)29-17-9-3-10-18-29/h1-26H. The molecule has 0 spiro atoms. The fraction of sp³-hybridized carbons (Fsp3) is 0. The SMILES string of the molecule is c1ccc(-c2ccc3c(c2)c2cc4oc(-c5ccccc5)nc4cc2n3-c2nc(-c3ccccc3)cc(-c3ccccc3)n2)cc1. The first-order valence-electron chi connectivity index (χ1n) is 15.3.